The van der Waals surface area contributed by atoms with Gasteiger partial charge in [0.1, 0.15) is 19.3 Å². The topological polar surface area (TPSA) is 237 Å². The summed E-state index contributed by atoms with van der Waals surface area (Å²) in [6.45, 7) is 7.35. The van der Waals surface area contributed by atoms with Crippen LogP contribution in [0.1, 0.15) is 413 Å². The Morgan fingerprint density at radius 1 is 0.289 bits per heavy atom. The number of hydrogen-bond acceptors (Lipinski definition) is 15. The van der Waals surface area contributed by atoms with Crippen LogP contribution in [0, 0.1) is 5.92 Å². The SMILES string of the molecule is CCCCCCCCCCCCCCCCCCC(=O)OC[C@H](COP(=O)(O)OC[C@@H](O)COP(=O)(O)OC[C@@H](COC(=O)CCCCCCCCCC)OC(=O)CCCCCCCCCCCCCCCCC)OC(=O)CCCCCCCCCCCCCCCCC(C)CC. The molecule has 0 aliphatic heterocycles. The van der Waals surface area contributed by atoms with Crippen LogP contribution in [0.3, 0.4) is 0 Å². The molecule has 97 heavy (non-hydrogen) atoms. The summed E-state index contributed by atoms with van der Waals surface area (Å²) in [6.07, 6.45) is 60.9. The Bertz CT molecular complexity index is 1860. The predicted molar refractivity (Wildman–Crippen MR) is 395 cm³/mol. The van der Waals surface area contributed by atoms with Gasteiger partial charge >= 0.3 is 39.5 Å². The first kappa shape index (κ1) is 95.1. The summed E-state index contributed by atoms with van der Waals surface area (Å²) in [7, 11) is -9.91. The van der Waals surface area contributed by atoms with Crippen LogP contribution in [0.25, 0.3) is 0 Å². The maximum Gasteiger partial charge on any atom is 0.472 e. The van der Waals surface area contributed by atoms with E-state index in [-0.39, 0.29) is 25.7 Å². The molecule has 0 aliphatic carbocycles. The van der Waals surface area contributed by atoms with Crippen LogP contribution >= 0.6 is 15.6 Å². The van der Waals surface area contributed by atoms with E-state index in [1.54, 1.807) is 0 Å². The molecule has 3 N–H and O–H groups in total. The number of aliphatic hydroxyl groups is 1. The van der Waals surface area contributed by atoms with Crippen molar-refractivity contribution in [2.45, 2.75) is 432 Å². The molecule has 0 saturated carbocycles. The number of carbonyl (C=O) groups excluding carboxylic acids is 4. The molecule has 0 bridgehead atoms. The Kier molecular flexibility index (Phi) is 69.6. The summed E-state index contributed by atoms with van der Waals surface area (Å²) in [6, 6.07) is 0. The van der Waals surface area contributed by atoms with Gasteiger partial charge in [0.25, 0.3) is 0 Å². The third-order valence-corrected chi connectivity index (χ3v) is 20.5. The van der Waals surface area contributed by atoms with Gasteiger partial charge in [0, 0.05) is 25.7 Å². The number of hydrogen-bond donors (Lipinski definition) is 3. The second-order valence-corrected chi connectivity index (χ2v) is 31.3. The van der Waals surface area contributed by atoms with E-state index in [4.69, 9.17) is 37.0 Å². The van der Waals surface area contributed by atoms with Crippen LogP contribution in [0.5, 0.6) is 0 Å². The second-order valence-electron chi connectivity index (χ2n) is 28.3. The van der Waals surface area contributed by atoms with Crippen molar-refractivity contribution in [2.75, 3.05) is 39.6 Å². The molecule has 0 radical (unpaired) electrons. The minimum absolute atomic E-state index is 0.108. The van der Waals surface area contributed by atoms with Gasteiger partial charge in [-0.05, 0) is 31.6 Å². The summed E-state index contributed by atoms with van der Waals surface area (Å²) in [4.78, 5) is 72.8. The predicted octanol–water partition coefficient (Wildman–Crippen LogP) is 23.3. The van der Waals surface area contributed by atoms with Crippen molar-refractivity contribution in [2.24, 2.45) is 5.92 Å². The second kappa shape index (κ2) is 71.1. The monoisotopic (exact) mass is 1420 g/mol. The summed E-state index contributed by atoms with van der Waals surface area (Å²) >= 11 is 0. The molecule has 0 aliphatic rings. The van der Waals surface area contributed by atoms with E-state index < -0.39 is 97.5 Å². The third kappa shape index (κ3) is 70.9. The van der Waals surface area contributed by atoms with Crippen LogP contribution in [-0.4, -0.2) is 96.7 Å². The Balaban J connectivity index is 5.21. The molecule has 0 aromatic carbocycles. The first-order valence-corrected chi connectivity index (χ1v) is 43.7. The number of ether oxygens (including phenoxy) is 4. The molecule has 3 unspecified atom stereocenters. The standard InChI is InChI=1S/C78H152O17P2/c1-6-10-13-16-19-22-24-26-28-30-34-38-42-47-52-57-62-76(81)89-68-74(95-78(83)64-59-54-49-44-40-36-32-31-33-37-41-45-50-55-60-71(5)9-4)70-93-97(86,87)91-66-72(79)65-90-96(84,85)92-69-73(67-88-75(80)61-56-51-46-21-18-15-12-8-3)94-77(82)63-58-53-48-43-39-35-29-27-25-23-20-17-14-11-7-2/h71-74,79H,6-70H2,1-5H3,(H,84,85)(H,86,87)/t71?,72-,73+,74+/m0/s1. The van der Waals surface area contributed by atoms with Crippen molar-refractivity contribution in [3.05, 3.63) is 0 Å². The van der Waals surface area contributed by atoms with Crippen molar-refractivity contribution < 1.29 is 80.2 Å². The van der Waals surface area contributed by atoms with E-state index in [0.29, 0.717) is 25.7 Å². The lowest BCUT2D eigenvalue weighted by Crippen LogP contribution is -2.30. The van der Waals surface area contributed by atoms with Crippen molar-refractivity contribution in [3.8, 4) is 0 Å². The fourth-order valence-corrected chi connectivity index (χ4v) is 13.6. The number of rotatable bonds is 78. The molecule has 0 rings (SSSR count). The molecule has 576 valence electrons. The van der Waals surface area contributed by atoms with Gasteiger partial charge in [-0.25, -0.2) is 9.13 Å². The van der Waals surface area contributed by atoms with Crippen LogP contribution in [0.4, 0.5) is 0 Å². The first-order valence-electron chi connectivity index (χ1n) is 40.7. The number of carbonyl (C=O) groups is 4. The first-order chi connectivity index (χ1) is 47.1. The number of unbranched alkanes of at least 4 members (excludes halogenated alkanes) is 49. The molecule has 19 heteroatoms. The highest BCUT2D eigenvalue weighted by molar-refractivity contribution is 7.47. The smallest absolute Gasteiger partial charge is 0.462 e. The number of phosphoric ester groups is 2. The number of aliphatic hydroxyl groups excluding tert-OH is 1. The van der Waals surface area contributed by atoms with Crippen LogP contribution in [-0.2, 0) is 65.4 Å². The van der Waals surface area contributed by atoms with Crippen molar-refractivity contribution in [1.29, 1.82) is 0 Å². The van der Waals surface area contributed by atoms with Gasteiger partial charge in [-0.2, -0.15) is 0 Å². The van der Waals surface area contributed by atoms with Gasteiger partial charge in [-0.1, -0.05) is 362 Å². The molecule has 0 aromatic heterocycles. The molecule has 0 heterocycles. The number of esters is 4. The van der Waals surface area contributed by atoms with E-state index in [9.17, 15) is 43.2 Å². The molecular formula is C78H152O17P2. The van der Waals surface area contributed by atoms with Crippen LogP contribution < -0.4 is 0 Å². The van der Waals surface area contributed by atoms with Gasteiger partial charge in [0.2, 0.25) is 0 Å². The average molecular weight is 1420 g/mol. The summed E-state index contributed by atoms with van der Waals surface area (Å²) in [5, 5.41) is 10.6. The lowest BCUT2D eigenvalue weighted by molar-refractivity contribution is -0.161. The zero-order valence-electron chi connectivity index (χ0n) is 63.2. The van der Waals surface area contributed by atoms with E-state index >= 15 is 0 Å². The zero-order valence-corrected chi connectivity index (χ0v) is 65.0. The molecule has 17 nitrogen and oxygen atoms in total. The van der Waals surface area contributed by atoms with E-state index in [1.807, 2.05) is 0 Å². The highest BCUT2D eigenvalue weighted by Gasteiger charge is 2.30. The van der Waals surface area contributed by atoms with Gasteiger partial charge in [0.15, 0.2) is 12.2 Å². The van der Waals surface area contributed by atoms with Gasteiger partial charge < -0.3 is 33.8 Å². The fraction of sp³-hybridized carbons (Fsp3) is 0.949. The molecule has 6 atom stereocenters. The van der Waals surface area contributed by atoms with Crippen LogP contribution in [0.15, 0.2) is 0 Å². The highest BCUT2D eigenvalue weighted by atomic mass is 31.2. The zero-order chi connectivity index (χ0) is 71.2. The maximum atomic E-state index is 13.1. The lowest BCUT2D eigenvalue weighted by Gasteiger charge is -2.21. The van der Waals surface area contributed by atoms with Gasteiger partial charge in [-0.15, -0.1) is 0 Å². The van der Waals surface area contributed by atoms with E-state index in [1.165, 1.54) is 231 Å². The minimum Gasteiger partial charge on any atom is -0.462 e. The Labute approximate surface area is 594 Å². The van der Waals surface area contributed by atoms with Crippen molar-refractivity contribution >= 4 is 39.5 Å². The van der Waals surface area contributed by atoms with E-state index in [2.05, 4.69) is 34.6 Å². The van der Waals surface area contributed by atoms with Crippen molar-refractivity contribution in [3.63, 3.8) is 0 Å². The van der Waals surface area contributed by atoms with Gasteiger partial charge in [0.05, 0.1) is 26.4 Å². The molecule has 0 fully saturated rings. The Hall–Kier alpha value is -1.94. The fourth-order valence-electron chi connectivity index (χ4n) is 12.0. The van der Waals surface area contributed by atoms with Crippen LogP contribution in [0.2, 0.25) is 0 Å². The largest absolute Gasteiger partial charge is 0.472 e. The average Bonchev–Trinajstić information content (AvgIpc) is 1.01. The van der Waals surface area contributed by atoms with Gasteiger partial charge in [-0.3, -0.25) is 37.3 Å². The Morgan fingerprint density at radius 2 is 0.495 bits per heavy atom. The lowest BCUT2D eigenvalue weighted by atomic mass is 9.99. The number of phosphoric acid groups is 2. The maximum absolute atomic E-state index is 13.1. The quantitative estimate of drug-likeness (QED) is 0.0222. The molecule has 0 spiro atoms. The van der Waals surface area contributed by atoms with Crippen molar-refractivity contribution in [1.82, 2.24) is 0 Å². The summed E-state index contributed by atoms with van der Waals surface area (Å²) in [5.74, 6) is -1.27. The highest BCUT2D eigenvalue weighted by Crippen LogP contribution is 2.45. The molecule has 0 amide bonds. The molecule has 0 aromatic rings. The molecule has 0 saturated heterocycles. The summed E-state index contributed by atoms with van der Waals surface area (Å²) in [5.41, 5.74) is 0. The Morgan fingerprint density at radius 3 is 0.732 bits per heavy atom. The minimum atomic E-state index is -4.96. The third-order valence-electron chi connectivity index (χ3n) is 18.6. The summed E-state index contributed by atoms with van der Waals surface area (Å²) < 4.78 is 68.6. The molecular weight excluding hydrogens is 1270 g/mol. The normalized spacial score (nSPS) is 14.2. The van der Waals surface area contributed by atoms with E-state index in [0.717, 1.165) is 102 Å².